The van der Waals surface area contributed by atoms with Crippen LogP contribution in [0.15, 0.2) is 23.1 Å². The summed E-state index contributed by atoms with van der Waals surface area (Å²) in [6.07, 6.45) is -0.0156. The molecule has 21 heavy (non-hydrogen) atoms. The highest BCUT2D eigenvalue weighted by Crippen LogP contribution is 2.14. The molecule has 0 radical (unpaired) electrons. The van der Waals surface area contributed by atoms with E-state index in [9.17, 15) is 17.6 Å². The van der Waals surface area contributed by atoms with E-state index in [-0.39, 0.29) is 29.3 Å². The summed E-state index contributed by atoms with van der Waals surface area (Å²) >= 11 is 0. The predicted octanol–water partition coefficient (Wildman–Crippen LogP) is -0.416. The van der Waals surface area contributed by atoms with Crippen LogP contribution < -0.4 is 10.0 Å². The maximum Gasteiger partial charge on any atom is 0.240 e. The van der Waals surface area contributed by atoms with E-state index in [2.05, 4.69) is 21.9 Å². The Bertz CT molecular complexity index is 677. The molecule has 0 saturated carbocycles. The maximum absolute atomic E-state index is 13.7. The quantitative estimate of drug-likeness (QED) is 0.644. The first-order chi connectivity index (χ1) is 9.90. The number of nitrogens with one attached hydrogen (secondary N) is 2. The maximum atomic E-state index is 13.7. The fraction of sp³-hybridized carbons (Fsp3) is 0.308. The van der Waals surface area contributed by atoms with Gasteiger partial charge in [-0.3, -0.25) is 4.79 Å². The van der Waals surface area contributed by atoms with Gasteiger partial charge in [0.2, 0.25) is 15.9 Å². The van der Waals surface area contributed by atoms with E-state index in [0.717, 1.165) is 6.07 Å². The lowest BCUT2D eigenvalue weighted by molar-refractivity contribution is -0.120. The van der Waals surface area contributed by atoms with E-state index in [1.54, 1.807) is 0 Å². The molecule has 0 aliphatic carbocycles. The number of halogens is 1. The smallest absolute Gasteiger partial charge is 0.240 e. The fourth-order valence-corrected chi connectivity index (χ4v) is 2.45. The summed E-state index contributed by atoms with van der Waals surface area (Å²) in [6.45, 7) is -0.504. The van der Waals surface area contributed by atoms with Gasteiger partial charge < -0.3 is 10.4 Å². The van der Waals surface area contributed by atoms with Gasteiger partial charge in [-0.2, -0.15) is 0 Å². The van der Waals surface area contributed by atoms with Crippen LogP contribution in [0.25, 0.3) is 0 Å². The van der Waals surface area contributed by atoms with E-state index < -0.39 is 22.4 Å². The second kappa shape index (κ2) is 7.73. The van der Waals surface area contributed by atoms with Crippen LogP contribution in [0.2, 0.25) is 0 Å². The van der Waals surface area contributed by atoms with Gasteiger partial charge in [-0.15, -0.1) is 0 Å². The molecular weight excluding hydrogens is 299 g/mol. The van der Waals surface area contributed by atoms with Gasteiger partial charge in [0.15, 0.2) is 0 Å². The van der Waals surface area contributed by atoms with Crippen molar-refractivity contribution < 1.29 is 22.7 Å². The van der Waals surface area contributed by atoms with Crippen molar-refractivity contribution in [2.75, 3.05) is 20.2 Å². The zero-order valence-electron chi connectivity index (χ0n) is 11.3. The number of carbonyl (C=O) groups excluding carboxylic acids is 1. The Kier molecular flexibility index (Phi) is 6.30. The average Bonchev–Trinajstić information content (AvgIpc) is 2.45. The molecule has 1 aromatic rings. The Hall–Kier alpha value is -1.95. The Morgan fingerprint density at radius 1 is 1.43 bits per heavy atom. The Morgan fingerprint density at radius 3 is 2.71 bits per heavy atom. The number of carbonyl (C=O) groups is 1. The zero-order chi connectivity index (χ0) is 15.9. The van der Waals surface area contributed by atoms with Crippen LogP contribution in [-0.4, -0.2) is 39.6 Å². The molecule has 0 atom stereocenters. The van der Waals surface area contributed by atoms with Gasteiger partial charge in [-0.25, -0.2) is 17.5 Å². The van der Waals surface area contributed by atoms with Crippen molar-refractivity contribution in [3.63, 3.8) is 0 Å². The summed E-state index contributed by atoms with van der Waals surface area (Å²) in [6, 6.07) is 3.25. The number of aliphatic hydroxyl groups excluding tert-OH is 1. The number of aliphatic hydroxyl groups is 1. The molecule has 0 heterocycles. The lowest BCUT2D eigenvalue weighted by Gasteiger charge is -2.07. The molecule has 0 aromatic heterocycles. The molecule has 0 aliphatic heterocycles. The SMILES string of the molecule is CNC(=O)CCNS(=O)(=O)c1ccc(C#CCO)c(F)c1. The van der Waals surface area contributed by atoms with Gasteiger partial charge in [0.1, 0.15) is 12.4 Å². The normalized spacial score (nSPS) is 10.6. The number of benzene rings is 1. The van der Waals surface area contributed by atoms with E-state index in [1.807, 2.05) is 0 Å². The minimum atomic E-state index is -3.89. The van der Waals surface area contributed by atoms with Gasteiger partial charge >= 0.3 is 0 Å². The molecule has 1 aromatic carbocycles. The number of hydrogen-bond acceptors (Lipinski definition) is 4. The molecular formula is C13H15FN2O4S. The molecule has 1 amide bonds. The topological polar surface area (TPSA) is 95.5 Å². The monoisotopic (exact) mass is 314 g/mol. The Labute approximate surface area is 122 Å². The largest absolute Gasteiger partial charge is 0.384 e. The summed E-state index contributed by atoms with van der Waals surface area (Å²) in [5.74, 6) is 3.53. The summed E-state index contributed by atoms with van der Waals surface area (Å²) in [4.78, 5) is 10.7. The van der Waals surface area contributed by atoms with Crippen LogP contribution >= 0.6 is 0 Å². The molecule has 8 heteroatoms. The third-order valence-electron chi connectivity index (χ3n) is 2.48. The second-order valence-electron chi connectivity index (χ2n) is 3.92. The number of amides is 1. The fourth-order valence-electron chi connectivity index (χ4n) is 1.41. The summed E-state index contributed by atoms with van der Waals surface area (Å²) in [5, 5.41) is 10.9. The number of hydrogen-bond donors (Lipinski definition) is 3. The molecule has 0 fully saturated rings. The molecule has 0 bridgehead atoms. The van der Waals surface area contributed by atoms with Crippen LogP contribution in [0.4, 0.5) is 4.39 Å². The van der Waals surface area contributed by atoms with Crippen LogP contribution in [0.1, 0.15) is 12.0 Å². The van der Waals surface area contributed by atoms with Gasteiger partial charge in [-0.05, 0) is 18.2 Å². The van der Waals surface area contributed by atoms with Gasteiger partial charge in [0.25, 0.3) is 0 Å². The van der Waals surface area contributed by atoms with E-state index >= 15 is 0 Å². The van der Waals surface area contributed by atoms with Crippen molar-refractivity contribution in [1.29, 1.82) is 0 Å². The van der Waals surface area contributed by atoms with Gasteiger partial charge in [0, 0.05) is 20.0 Å². The average molecular weight is 314 g/mol. The van der Waals surface area contributed by atoms with E-state index in [4.69, 9.17) is 5.11 Å². The van der Waals surface area contributed by atoms with Crippen LogP contribution in [0, 0.1) is 17.7 Å². The third-order valence-corrected chi connectivity index (χ3v) is 3.93. The van der Waals surface area contributed by atoms with Crippen molar-refractivity contribution >= 4 is 15.9 Å². The first-order valence-electron chi connectivity index (χ1n) is 6.00. The van der Waals surface area contributed by atoms with Crippen molar-refractivity contribution in [1.82, 2.24) is 10.0 Å². The third kappa shape index (κ3) is 5.15. The first-order valence-corrected chi connectivity index (χ1v) is 7.48. The Morgan fingerprint density at radius 2 is 2.14 bits per heavy atom. The van der Waals surface area contributed by atoms with Crippen LogP contribution in [0.3, 0.4) is 0 Å². The summed E-state index contributed by atoms with van der Waals surface area (Å²) in [7, 11) is -2.45. The molecule has 0 unspecified atom stereocenters. The molecule has 114 valence electrons. The van der Waals surface area contributed by atoms with Crippen molar-refractivity contribution in [3.05, 3.63) is 29.6 Å². The van der Waals surface area contributed by atoms with Crippen LogP contribution in [0.5, 0.6) is 0 Å². The summed E-state index contributed by atoms with van der Waals surface area (Å²) < 4.78 is 39.7. The van der Waals surface area contributed by atoms with Crippen molar-refractivity contribution in [3.8, 4) is 11.8 Å². The minimum Gasteiger partial charge on any atom is -0.384 e. The highest BCUT2D eigenvalue weighted by atomic mass is 32.2. The van der Waals surface area contributed by atoms with E-state index in [1.165, 1.54) is 19.2 Å². The lowest BCUT2D eigenvalue weighted by Crippen LogP contribution is -2.29. The molecule has 3 N–H and O–H groups in total. The molecule has 0 aliphatic rings. The molecule has 1 rings (SSSR count). The van der Waals surface area contributed by atoms with Crippen LogP contribution in [-0.2, 0) is 14.8 Å². The standard InChI is InChI=1S/C13H15FN2O4S/c1-15-13(18)6-7-16-21(19,20)11-5-4-10(3-2-8-17)12(14)9-11/h4-5,9,16-17H,6-8H2,1H3,(H,15,18). The minimum absolute atomic E-state index is 0.00615. The predicted molar refractivity (Wildman–Crippen MR) is 74.2 cm³/mol. The summed E-state index contributed by atoms with van der Waals surface area (Å²) in [5.41, 5.74) is -0.00615. The first kappa shape index (κ1) is 17.1. The Balaban J connectivity index is 2.84. The van der Waals surface area contributed by atoms with Gasteiger partial charge in [0.05, 0.1) is 10.5 Å². The second-order valence-corrected chi connectivity index (χ2v) is 5.69. The van der Waals surface area contributed by atoms with Crippen molar-refractivity contribution in [2.45, 2.75) is 11.3 Å². The molecule has 6 nitrogen and oxygen atoms in total. The number of rotatable bonds is 5. The highest BCUT2D eigenvalue weighted by molar-refractivity contribution is 7.89. The molecule has 0 saturated heterocycles. The van der Waals surface area contributed by atoms with Crippen molar-refractivity contribution in [2.24, 2.45) is 0 Å². The molecule has 0 spiro atoms. The van der Waals surface area contributed by atoms with E-state index in [0.29, 0.717) is 0 Å². The number of sulfonamides is 1. The lowest BCUT2D eigenvalue weighted by atomic mass is 10.2. The zero-order valence-corrected chi connectivity index (χ0v) is 12.1. The highest BCUT2D eigenvalue weighted by Gasteiger charge is 2.16. The van der Waals surface area contributed by atoms with Gasteiger partial charge in [-0.1, -0.05) is 11.8 Å².